The predicted molar refractivity (Wildman–Crippen MR) is 114 cm³/mol. The molecule has 144 valence electrons. The minimum absolute atomic E-state index is 0.0734. The molecule has 0 aromatic carbocycles. The maximum atomic E-state index is 12.4. The number of rotatable bonds is 5. The van der Waals surface area contributed by atoms with Crippen LogP contribution in [-0.2, 0) is 13.6 Å². The number of aromatic nitrogens is 5. The van der Waals surface area contributed by atoms with Crippen molar-refractivity contribution in [1.82, 2.24) is 29.7 Å². The van der Waals surface area contributed by atoms with Gasteiger partial charge >= 0.3 is 0 Å². The fourth-order valence-corrected chi connectivity index (χ4v) is 4.55. The van der Waals surface area contributed by atoms with Crippen LogP contribution in [-0.4, -0.2) is 30.3 Å². The lowest BCUT2D eigenvalue weighted by molar-refractivity contribution is 0.0955. The molecule has 29 heavy (non-hydrogen) atoms. The van der Waals surface area contributed by atoms with Crippen molar-refractivity contribution in [2.45, 2.75) is 6.54 Å². The Morgan fingerprint density at radius 3 is 2.79 bits per heavy atom. The third-order valence-electron chi connectivity index (χ3n) is 4.56. The van der Waals surface area contributed by atoms with E-state index in [-0.39, 0.29) is 5.91 Å². The molecular weight excluding hydrogens is 404 g/mol. The summed E-state index contributed by atoms with van der Waals surface area (Å²) in [5.41, 5.74) is 5.62. The molecule has 0 bridgehead atoms. The Balaban J connectivity index is 1.39. The van der Waals surface area contributed by atoms with Crippen LogP contribution in [0.2, 0.25) is 0 Å². The van der Waals surface area contributed by atoms with Gasteiger partial charge in [-0.25, -0.2) is 9.50 Å². The smallest absolute Gasteiger partial charge is 0.261 e. The second kappa shape index (κ2) is 7.26. The highest BCUT2D eigenvalue weighted by molar-refractivity contribution is 7.12. The summed E-state index contributed by atoms with van der Waals surface area (Å²) in [6.07, 6.45) is 9.27. The van der Waals surface area contributed by atoms with E-state index in [4.69, 9.17) is 0 Å². The molecule has 0 radical (unpaired) electrons. The third kappa shape index (κ3) is 3.45. The fraction of sp³-hybridized carbons (Fsp3) is 0.100. The Morgan fingerprint density at radius 2 is 2.00 bits per heavy atom. The molecule has 7 nitrogen and oxygen atoms in total. The molecule has 0 fully saturated rings. The van der Waals surface area contributed by atoms with Crippen molar-refractivity contribution < 1.29 is 4.79 Å². The van der Waals surface area contributed by atoms with Crippen molar-refractivity contribution in [1.29, 1.82) is 0 Å². The van der Waals surface area contributed by atoms with E-state index in [1.54, 1.807) is 32.9 Å². The molecule has 5 aromatic heterocycles. The summed E-state index contributed by atoms with van der Waals surface area (Å²) in [6.45, 7) is 0.533. The highest BCUT2D eigenvalue weighted by Gasteiger charge is 2.14. The summed E-state index contributed by atoms with van der Waals surface area (Å²) in [6, 6.07) is 3.90. The van der Waals surface area contributed by atoms with Gasteiger partial charge in [0.15, 0.2) is 5.65 Å². The van der Waals surface area contributed by atoms with Crippen LogP contribution in [0.3, 0.4) is 0 Å². The van der Waals surface area contributed by atoms with Crippen LogP contribution in [0.1, 0.15) is 15.2 Å². The number of hydrogen-bond acceptors (Lipinski definition) is 6. The normalized spacial score (nSPS) is 11.2. The summed E-state index contributed by atoms with van der Waals surface area (Å²) >= 11 is 3.04. The molecule has 0 aliphatic heterocycles. The first-order chi connectivity index (χ1) is 14.2. The molecule has 9 heteroatoms. The van der Waals surface area contributed by atoms with Gasteiger partial charge in [-0.2, -0.15) is 21.5 Å². The minimum Gasteiger partial charge on any atom is -0.347 e. The zero-order chi connectivity index (χ0) is 19.8. The molecule has 1 amide bonds. The van der Waals surface area contributed by atoms with Gasteiger partial charge in [-0.3, -0.25) is 9.48 Å². The fourth-order valence-electron chi connectivity index (χ4n) is 3.06. The minimum atomic E-state index is -0.0734. The number of carbonyl (C=O) groups excluding carboxylic acids is 1. The molecule has 0 spiro atoms. The van der Waals surface area contributed by atoms with Crippen LogP contribution in [0.15, 0.2) is 59.3 Å². The first-order valence-corrected chi connectivity index (χ1v) is 10.7. The van der Waals surface area contributed by atoms with Crippen LogP contribution in [0.4, 0.5) is 0 Å². The van der Waals surface area contributed by atoms with E-state index in [2.05, 4.69) is 20.5 Å². The van der Waals surface area contributed by atoms with Gasteiger partial charge in [-0.05, 0) is 39.4 Å². The molecule has 0 aliphatic carbocycles. The Kier molecular flexibility index (Phi) is 4.45. The van der Waals surface area contributed by atoms with Crippen molar-refractivity contribution in [3.8, 4) is 22.3 Å². The van der Waals surface area contributed by atoms with Gasteiger partial charge in [0.05, 0.1) is 17.3 Å². The molecule has 5 aromatic rings. The SMILES string of the molecule is Cn1cc(-c2cnc3c(-c4csc(C(=O)NCc5ccsc5)c4)cnn3c2)cn1. The number of nitrogens with one attached hydrogen (secondary N) is 1. The van der Waals surface area contributed by atoms with Gasteiger partial charge < -0.3 is 5.32 Å². The van der Waals surface area contributed by atoms with Gasteiger partial charge in [0.25, 0.3) is 5.91 Å². The molecule has 0 unspecified atom stereocenters. The number of fused-ring (bicyclic) bond motifs is 1. The third-order valence-corrected chi connectivity index (χ3v) is 6.22. The Hall–Kier alpha value is -3.30. The quantitative estimate of drug-likeness (QED) is 0.469. The van der Waals surface area contributed by atoms with Gasteiger partial charge in [0, 0.05) is 48.9 Å². The van der Waals surface area contributed by atoms with Crippen molar-refractivity contribution in [3.63, 3.8) is 0 Å². The first-order valence-electron chi connectivity index (χ1n) is 8.88. The van der Waals surface area contributed by atoms with Gasteiger partial charge in [0.2, 0.25) is 0 Å². The van der Waals surface area contributed by atoms with E-state index in [0.29, 0.717) is 11.4 Å². The number of hydrogen-bond donors (Lipinski definition) is 1. The Morgan fingerprint density at radius 1 is 1.10 bits per heavy atom. The molecule has 0 aliphatic rings. The van der Waals surface area contributed by atoms with Crippen LogP contribution >= 0.6 is 22.7 Å². The van der Waals surface area contributed by atoms with E-state index in [9.17, 15) is 4.79 Å². The van der Waals surface area contributed by atoms with Gasteiger partial charge in [0.1, 0.15) is 0 Å². The summed E-state index contributed by atoms with van der Waals surface area (Å²) in [5, 5.41) is 17.6. The number of aryl methyl sites for hydroxylation is 1. The van der Waals surface area contributed by atoms with E-state index in [0.717, 1.165) is 33.5 Å². The highest BCUT2D eigenvalue weighted by Crippen LogP contribution is 2.29. The molecule has 1 N–H and O–H groups in total. The molecule has 0 saturated carbocycles. The van der Waals surface area contributed by atoms with Crippen LogP contribution < -0.4 is 5.32 Å². The van der Waals surface area contributed by atoms with E-state index < -0.39 is 0 Å². The summed E-state index contributed by atoms with van der Waals surface area (Å²) in [4.78, 5) is 17.7. The van der Waals surface area contributed by atoms with E-state index in [1.807, 2.05) is 53.9 Å². The topological polar surface area (TPSA) is 77.1 Å². The average molecular weight is 421 g/mol. The van der Waals surface area contributed by atoms with Gasteiger partial charge in [-0.15, -0.1) is 11.3 Å². The average Bonchev–Trinajstić information content (AvgIpc) is 3.52. The Labute approximate surface area is 174 Å². The zero-order valence-electron chi connectivity index (χ0n) is 15.4. The maximum absolute atomic E-state index is 12.4. The molecule has 0 saturated heterocycles. The first kappa shape index (κ1) is 17.8. The lowest BCUT2D eigenvalue weighted by Crippen LogP contribution is -2.21. The number of nitrogens with zero attached hydrogens (tertiary/aromatic N) is 5. The van der Waals surface area contributed by atoms with E-state index in [1.165, 1.54) is 11.3 Å². The maximum Gasteiger partial charge on any atom is 0.261 e. The predicted octanol–water partition coefficient (Wildman–Crippen LogP) is 3.85. The lowest BCUT2D eigenvalue weighted by Gasteiger charge is -2.01. The van der Waals surface area contributed by atoms with Crippen LogP contribution in [0.25, 0.3) is 27.9 Å². The number of carbonyl (C=O) groups is 1. The van der Waals surface area contributed by atoms with Crippen molar-refractivity contribution >= 4 is 34.2 Å². The van der Waals surface area contributed by atoms with Gasteiger partial charge in [-0.1, -0.05) is 0 Å². The van der Waals surface area contributed by atoms with Crippen molar-refractivity contribution in [2.75, 3.05) is 0 Å². The molecular formula is C20H16N6OS2. The molecule has 5 heterocycles. The lowest BCUT2D eigenvalue weighted by atomic mass is 10.1. The molecule has 5 rings (SSSR count). The second-order valence-electron chi connectivity index (χ2n) is 6.59. The van der Waals surface area contributed by atoms with Crippen molar-refractivity contribution in [2.24, 2.45) is 7.05 Å². The number of thiophene rings is 2. The zero-order valence-corrected chi connectivity index (χ0v) is 17.1. The number of amides is 1. The monoisotopic (exact) mass is 420 g/mol. The highest BCUT2D eigenvalue weighted by atomic mass is 32.1. The summed E-state index contributed by atoms with van der Waals surface area (Å²) < 4.78 is 3.51. The second-order valence-corrected chi connectivity index (χ2v) is 8.28. The largest absolute Gasteiger partial charge is 0.347 e. The van der Waals surface area contributed by atoms with Crippen LogP contribution in [0.5, 0.6) is 0 Å². The van der Waals surface area contributed by atoms with Crippen LogP contribution in [0, 0.1) is 0 Å². The summed E-state index contributed by atoms with van der Waals surface area (Å²) in [5.74, 6) is -0.0734. The van der Waals surface area contributed by atoms with Crippen molar-refractivity contribution in [3.05, 3.63) is 69.7 Å². The summed E-state index contributed by atoms with van der Waals surface area (Å²) in [7, 11) is 1.88. The van der Waals surface area contributed by atoms with E-state index >= 15 is 0 Å². The standard InChI is InChI=1S/C20H16N6OS2/c1-25-9-16(7-23-25)15-6-21-19-17(8-24-26(19)10-15)14-4-18(29-12-14)20(27)22-5-13-2-3-28-11-13/h2-4,6-12H,5H2,1H3,(H,22,27). The molecule has 0 atom stereocenters. The Bertz CT molecular complexity index is 1300.